The number of hydrogen-bond acceptors (Lipinski definition) is 3. The van der Waals surface area contributed by atoms with E-state index in [4.69, 9.17) is 14.6 Å². The zero-order chi connectivity index (χ0) is 11.1. The average Bonchev–Trinajstić information content (AvgIpc) is 2.31. The Morgan fingerprint density at radius 2 is 1.80 bits per heavy atom. The lowest BCUT2D eigenvalue weighted by molar-refractivity contribution is 0.264. The molecule has 0 heterocycles. The summed E-state index contributed by atoms with van der Waals surface area (Å²) >= 11 is 0. The lowest BCUT2D eigenvalue weighted by Crippen LogP contribution is -2.33. The number of hydrogen-bond donors (Lipinski definition) is 1. The molecule has 0 aromatic heterocycles. The van der Waals surface area contributed by atoms with E-state index in [1.807, 2.05) is 0 Å². The maximum absolute atomic E-state index is 6.22. The van der Waals surface area contributed by atoms with E-state index < -0.39 is 9.28 Å². The van der Waals surface area contributed by atoms with Gasteiger partial charge >= 0.3 is 9.28 Å². The van der Waals surface area contributed by atoms with Gasteiger partial charge in [0.05, 0.1) is 0 Å². The minimum absolute atomic E-state index is 0.366. The summed E-state index contributed by atoms with van der Waals surface area (Å²) in [5.41, 5.74) is 6.22. The maximum atomic E-state index is 6.22. The van der Waals surface area contributed by atoms with E-state index in [0.29, 0.717) is 6.04 Å². The van der Waals surface area contributed by atoms with E-state index >= 15 is 0 Å². The third-order valence-corrected chi connectivity index (χ3v) is 5.37. The SMILES string of the molecule is CO[SiH](CCC(N)C1CCCCC1)OC. The normalized spacial score (nSPS) is 20.8. The molecule has 4 heteroatoms. The average molecular weight is 231 g/mol. The van der Waals surface area contributed by atoms with Crippen LogP contribution in [0.3, 0.4) is 0 Å². The van der Waals surface area contributed by atoms with Crippen LogP contribution in [0.25, 0.3) is 0 Å². The summed E-state index contributed by atoms with van der Waals surface area (Å²) in [5, 5.41) is 0. The Balaban J connectivity index is 2.18. The van der Waals surface area contributed by atoms with Gasteiger partial charge in [-0.05, 0) is 31.2 Å². The van der Waals surface area contributed by atoms with Gasteiger partial charge in [0, 0.05) is 20.3 Å². The van der Waals surface area contributed by atoms with Crippen molar-refractivity contribution < 1.29 is 8.85 Å². The zero-order valence-corrected chi connectivity index (χ0v) is 11.2. The van der Waals surface area contributed by atoms with E-state index in [-0.39, 0.29) is 0 Å². The standard InChI is InChI=1S/C11H25NO2Si/c1-13-15(14-2)9-8-11(12)10-6-4-3-5-7-10/h10-11,15H,3-9,12H2,1-2H3. The molecule has 0 aromatic rings. The predicted molar refractivity (Wildman–Crippen MR) is 65.1 cm³/mol. The zero-order valence-electron chi connectivity index (χ0n) is 10.1. The first kappa shape index (κ1) is 13.2. The van der Waals surface area contributed by atoms with Gasteiger partial charge in [-0.25, -0.2) is 0 Å². The predicted octanol–water partition coefficient (Wildman–Crippen LogP) is 1.80. The molecule has 1 aliphatic rings. The molecule has 0 saturated heterocycles. The molecule has 0 amide bonds. The molecule has 2 N–H and O–H groups in total. The van der Waals surface area contributed by atoms with Crippen molar-refractivity contribution in [2.75, 3.05) is 14.2 Å². The third kappa shape index (κ3) is 4.63. The first-order valence-corrected chi connectivity index (χ1v) is 7.85. The topological polar surface area (TPSA) is 44.5 Å². The molecular weight excluding hydrogens is 206 g/mol. The quantitative estimate of drug-likeness (QED) is 0.709. The van der Waals surface area contributed by atoms with Crippen molar-refractivity contribution in [1.29, 1.82) is 0 Å². The van der Waals surface area contributed by atoms with Crippen molar-refractivity contribution in [3.8, 4) is 0 Å². The number of nitrogens with two attached hydrogens (primary N) is 1. The smallest absolute Gasteiger partial charge is 0.320 e. The van der Waals surface area contributed by atoms with Crippen LogP contribution in [0, 0.1) is 5.92 Å². The van der Waals surface area contributed by atoms with Crippen LogP contribution >= 0.6 is 0 Å². The Bertz CT molecular complexity index is 159. The third-order valence-electron chi connectivity index (χ3n) is 3.52. The van der Waals surface area contributed by atoms with Crippen LogP contribution in [-0.2, 0) is 8.85 Å². The first-order chi connectivity index (χ1) is 7.27. The monoisotopic (exact) mass is 231 g/mol. The molecule has 3 nitrogen and oxygen atoms in total. The second-order valence-corrected chi connectivity index (χ2v) is 6.92. The molecule has 0 aliphatic heterocycles. The van der Waals surface area contributed by atoms with Crippen LogP contribution in [0.4, 0.5) is 0 Å². The van der Waals surface area contributed by atoms with Crippen LogP contribution < -0.4 is 5.73 Å². The molecule has 1 aliphatic carbocycles. The van der Waals surface area contributed by atoms with E-state index in [2.05, 4.69) is 0 Å². The van der Waals surface area contributed by atoms with Gasteiger partial charge in [-0.15, -0.1) is 0 Å². The molecule has 1 atom stereocenters. The Morgan fingerprint density at radius 3 is 2.33 bits per heavy atom. The summed E-state index contributed by atoms with van der Waals surface area (Å²) < 4.78 is 10.6. The highest BCUT2D eigenvalue weighted by atomic mass is 28.3. The summed E-state index contributed by atoms with van der Waals surface area (Å²) in [6, 6.07) is 1.41. The molecule has 0 radical (unpaired) electrons. The highest BCUT2D eigenvalue weighted by Crippen LogP contribution is 2.27. The fourth-order valence-electron chi connectivity index (χ4n) is 2.46. The molecular formula is C11H25NO2Si. The molecule has 1 unspecified atom stereocenters. The van der Waals surface area contributed by atoms with Crippen molar-refractivity contribution in [3.05, 3.63) is 0 Å². The van der Waals surface area contributed by atoms with E-state index in [1.165, 1.54) is 32.1 Å². The Kier molecular flexibility index (Phi) is 6.48. The minimum atomic E-state index is -1.38. The largest absolute Gasteiger partial charge is 0.400 e. The van der Waals surface area contributed by atoms with Crippen molar-refractivity contribution in [2.45, 2.75) is 50.6 Å². The summed E-state index contributed by atoms with van der Waals surface area (Å²) in [5.74, 6) is 0.752. The summed E-state index contributed by atoms with van der Waals surface area (Å²) in [4.78, 5) is 0. The van der Waals surface area contributed by atoms with Crippen LogP contribution in [0.2, 0.25) is 6.04 Å². The first-order valence-electron chi connectivity index (χ1n) is 6.09. The summed E-state index contributed by atoms with van der Waals surface area (Å²) in [7, 11) is 2.10. The molecule has 0 bridgehead atoms. The Morgan fingerprint density at radius 1 is 1.20 bits per heavy atom. The molecule has 1 fully saturated rings. The molecule has 1 rings (SSSR count). The molecule has 0 aromatic carbocycles. The van der Waals surface area contributed by atoms with E-state index in [9.17, 15) is 0 Å². The second-order valence-electron chi connectivity index (χ2n) is 4.54. The highest BCUT2D eigenvalue weighted by molar-refractivity contribution is 6.44. The molecule has 1 saturated carbocycles. The molecule has 90 valence electrons. The van der Waals surface area contributed by atoms with Gasteiger partial charge in [0.1, 0.15) is 0 Å². The molecule has 0 spiro atoms. The maximum Gasteiger partial charge on any atom is 0.320 e. The molecule has 15 heavy (non-hydrogen) atoms. The van der Waals surface area contributed by atoms with Gasteiger partial charge in [0.25, 0.3) is 0 Å². The fourth-order valence-corrected chi connectivity index (χ4v) is 3.78. The van der Waals surface area contributed by atoms with Crippen molar-refractivity contribution in [2.24, 2.45) is 11.7 Å². The van der Waals surface area contributed by atoms with Gasteiger partial charge in [-0.3, -0.25) is 0 Å². The fraction of sp³-hybridized carbons (Fsp3) is 1.00. The van der Waals surface area contributed by atoms with E-state index in [1.54, 1.807) is 14.2 Å². The van der Waals surface area contributed by atoms with Gasteiger partial charge < -0.3 is 14.6 Å². The van der Waals surface area contributed by atoms with Crippen molar-refractivity contribution >= 4 is 9.28 Å². The summed E-state index contributed by atoms with van der Waals surface area (Å²) in [6.45, 7) is 0. The second kappa shape index (κ2) is 7.38. The van der Waals surface area contributed by atoms with Crippen molar-refractivity contribution in [1.82, 2.24) is 0 Å². The lowest BCUT2D eigenvalue weighted by Gasteiger charge is -2.27. The number of rotatable bonds is 6. The van der Waals surface area contributed by atoms with Gasteiger partial charge in [-0.1, -0.05) is 19.3 Å². The van der Waals surface area contributed by atoms with Gasteiger partial charge in [-0.2, -0.15) is 0 Å². The van der Waals surface area contributed by atoms with Gasteiger partial charge in [0.2, 0.25) is 0 Å². The van der Waals surface area contributed by atoms with Gasteiger partial charge in [0.15, 0.2) is 0 Å². The van der Waals surface area contributed by atoms with Crippen LogP contribution in [0.5, 0.6) is 0 Å². The minimum Gasteiger partial charge on any atom is -0.400 e. The summed E-state index contributed by atoms with van der Waals surface area (Å²) in [6.07, 6.45) is 7.86. The van der Waals surface area contributed by atoms with Crippen molar-refractivity contribution in [3.63, 3.8) is 0 Å². The van der Waals surface area contributed by atoms with Crippen LogP contribution in [0.15, 0.2) is 0 Å². The van der Waals surface area contributed by atoms with E-state index in [0.717, 1.165) is 18.4 Å². The Labute approximate surface area is 95.2 Å². The lowest BCUT2D eigenvalue weighted by atomic mass is 9.83. The van der Waals surface area contributed by atoms with Crippen LogP contribution in [0.1, 0.15) is 38.5 Å². The Hall–Kier alpha value is 0.0969. The van der Waals surface area contributed by atoms with Crippen LogP contribution in [-0.4, -0.2) is 29.5 Å². The highest BCUT2D eigenvalue weighted by Gasteiger charge is 2.22.